The molecule has 0 spiro atoms. The van der Waals surface area contributed by atoms with Gasteiger partial charge < -0.3 is 9.64 Å². The number of aryl methyl sites for hydroxylation is 1. The number of nitrogens with zero attached hydrogens (tertiary/aromatic N) is 3. The lowest BCUT2D eigenvalue weighted by atomic mass is 10.0. The molecular formula is C22H24BrN3O2. The SMILES string of the molecule is COc1ccccc1C(C)N(C)C(=O)c1ccc(-n2nc(C)c(Br)c2C)cc1. The van der Waals surface area contributed by atoms with E-state index in [-0.39, 0.29) is 11.9 Å². The number of hydrogen-bond donors (Lipinski definition) is 0. The van der Waals surface area contributed by atoms with Crippen LogP contribution in [-0.4, -0.2) is 34.7 Å². The van der Waals surface area contributed by atoms with Gasteiger partial charge in [-0.05, 0) is 67.0 Å². The van der Waals surface area contributed by atoms with Gasteiger partial charge in [-0.1, -0.05) is 18.2 Å². The molecule has 28 heavy (non-hydrogen) atoms. The van der Waals surface area contributed by atoms with Crippen molar-refractivity contribution in [1.82, 2.24) is 14.7 Å². The smallest absolute Gasteiger partial charge is 0.254 e. The Labute approximate surface area is 174 Å². The lowest BCUT2D eigenvalue weighted by molar-refractivity contribution is 0.0741. The van der Waals surface area contributed by atoms with Crippen molar-refractivity contribution >= 4 is 21.8 Å². The van der Waals surface area contributed by atoms with Crippen molar-refractivity contribution in [1.29, 1.82) is 0 Å². The fraction of sp³-hybridized carbons (Fsp3) is 0.273. The number of aromatic nitrogens is 2. The van der Waals surface area contributed by atoms with Crippen LogP contribution in [0.3, 0.4) is 0 Å². The number of hydrogen-bond acceptors (Lipinski definition) is 3. The lowest BCUT2D eigenvalue weighted by Crippen LogP contribution is -2.29. The van der Waals surface area contributed by atoms with Gasteiger partial charge in [-0.2, -0.15) is 5.10 Å². The summed E-state index contributed by atoms with van der Waals surface area (Å²) in [7, 11) is 3.45. The third-order valence-corrected chi connectivity index (χ3v) is 6.20. The molecule has 0 aliphatic carbocycles. The summed E-state index contributed by atoms with van der Waals surface area (Å²) in [4.78, 5) is 14.7. The zero-order chi connectivity index (χ0) is 20.4. The summed E-state index contributed by atoms with van der Waals surface area (Å²) in [5.74, 6) is 0.736. The number of benzene rings is 2. The van der Waals surface area contributed by atoms with E-state index >= 15 is 0 Å². The topological polar surface area (TPSA) is 47.4 Å². The Morgan fingerprint density at radius 3 is 2.36 bits per heavy atom. The maximum Gasteiger partial charge on any atom is 0.254 e. The largest absolute Gasteiger partial charge is 0.496 e. The van der Waals surface area contributed by atoms with Crippen molar-refractivity contribution in [3.8, 4) is 11.4 Å². The summed E-state index contributed by atoms with van der Waals surface area (Å²) in [5.41, 5.74) is 4.49. The molecular weight excluding hydrogens is 418 g/mol. The molecule has 0 saturated carbocycles. The number of carbonyl (C=O) groups excluding carboxylic acids is 1. The summed E-state index contributed by atoms with van der Waals surface area (Å²) < 4.78 is 8.31. The molecule has 5 nitrogen and oxygen atoms in total. The minimum atomic E-state index is -0.115. The normalized spacial score (nSPS) is 11.9. The van der Waals surface area contributed by atoms with Crippen LogP contribution >= 0.6 is 15.9 Å². The van der Waals surface area contributed by atoms with Crippen molar-refractivity contribution in [2.24, 2.45) is 0 Å². The average Bonchev–Trinajstić information content (AvgIpc) is 2.99. The highest BCUT2D eigenvalue weighted by atomic mass is 79.9. The first-order valence-corrected chi connectivity index (χ1v) is 9.86. The van der Waals surface area contributed by atoms with Crippen molar-refractivity contribution < 1.29 is 9.53 Å². The highest BCUT2D eigenvalue weighted by Crippen LogP contribution is 2.29. The maximum absolute atomic E-state index is 13.0. The molecule has 0 N–H and O–H groups in total. The summed E-state index contributed by atoms with van der Waals surface area (Å²) in [6.45, 7) is 5.96. The molecule has 1 heterocycles. The second-order valence-corrected chi connectivity index (χ2v) is 7.57. The van der Waals surface area contributed by atoms with Crippen molar-refractivity contribution in [2.45, 2.75) is 26.8 Å². The van der Waals surface area contributed by atoms with Gasteiger partial charge in [0, 0.05) is 18.2 Å². The van der Waals surface area contributed by atoms with E-state index in [1.807, 2.05) is 81.0 Å². The van der Waals surface area contributed by atoms with Gasteiger partial charge in [0.2, 0.25) is 0 Å². The molecule has 2 aromatic carbocycles. The molecule has 1 unspecified atom stereocenters. The molecule has 1 atom stereocenters. The van der Waals surface area contributed by atoms with E-state index in [1.165, 1.54) is 0 Å². The first-order valence-electron chi connectivity index (χ1n) is 9.07. The number of methoxy groups -OCH3 is 1. The summed E-state index contributed by atoms with van der Waals surface area (Å²) >= 11 is 3.55. The van der Waals surface area contributed by atoms with E-state index in [9.17, 15) is 4.79 Å². The van der Waals surface area contributed by atoms with Gasteiger partial charge in [-0.15, -0.1) is 0 Å². The zero-order valence-electron chi connectivity index (χ0n) is 16.7. The van der Waals surface area contributed by atoms with E-state index in [1.54, 1.807) is 12.0 Å². The Hall–Kier alpha value is -2.60. The first-order chi connectivity index (χ1) is 13.3. The zero-order valence-corrected chi connectivity index (χ0v) is 18.3. The minimum Gasteiger partial charge on any atom is -0.496 e. The fourth-order valence-corrected chi connectivity index (χ4v) is 3.47. The quantitative estimate of drug-likeness (QED) is 0.553. The average molecular weight is 442 g/mol. The molecule has 0 bridgehead atoms. The molecule has 3 rings (SSSR count). The van der Waals surface area contributed by atoms with Crippen molar-refractivity contribution in [2.75, 3.05) is 14.2 Å². The molecule has 1 aromatic heterocycles. The highest BCUT2D eigenvalue weighted by Gasteiger charge is 2.21. The molecule has 1 amide bonds. The fourth-order valence-electron chi connectivity index (χ4n) is 3.22. The second kappa shape index (κ2) is 8.19. The number of carbonyl (C=O) groups is 1. The van der Waals surface area contributed by atoms with Gasteiger partial charge in [-0.3, -0.25) is 4.79 Å². The molecule has 0 saturated heterocycles. The van der Waals surface area contributed by atoms with E-state index in [4.69, 9.17) is 4.74 Å². The van der Waals surface area contributed by atoms with E-state index in [0.717, 1.165) is 32.9 Å². The van der Waals surface area contributed by atoms with Crippen LogP contribution in [0.25, 0.3) is 5.69 Å². The van der Waals surface area contributed by atoms with Gasteiger partial charge in [0.15, 0.2) is 0 Å². The van der Waals surface area contributed by atoms with Crippen LogP contribution in [0.5, 0.6) is 5.75 Å². The molecule has 3 aromatic rings. The van der Waals surface area contributed by atoms with Crippen LogP contribution in [0, 0.1) is 13.8 Å². The number of amides is 1. The predicted octanol–water partition coefficient (Wildman–Crippen LogP) is 5.09. The van der Waals surface area contributed by atoms with Gasteiger partial charge in [0.25, 0.3) is 5.91 Å². The molecule has 6 heteroatoms. The van der Waals surface area contributed by atoms with Crippen LogP contribution < -0.4 is 4.74 Å². The van der Waals surface area contributed by atoms with E-state index < -0.39 is 0 Å². The van der Waals surface area contributed by atoms with Gasteiger partial charge in [-0.25, -0.2) is 4.68 Å². The third-order valence-electron chi connectivity index (χ3n) is 5.05. The van der Waals surface area contributed by atoms with E-state index in [0.29, 0.717) is 5.56 Å². The second-order valence-electron chi connectivity index (χ2n) is 6.78. The summed E-state index contributed by atoms with van der Waals surface area (Å²) in [5, 5.41) is 4.54. The van der Waals surface area contributed by atoms with Gasteiger partial charge >= 0.3 is 0 Å². The van der Waals surface area contributed by atoms with Crippen LogP contribution in [0.4, 0.5) is 0 Å². The molecule has 146 valence electrons. The predicted molar refractivity (Wildman–Crippen MR) is 114 cm³/mol. The molecule has 0 fully saturated rings. The monoisotopic (exact) mass is 441 g/mol. The minimum absolute atomic E-state index is 0.0421. The first kappa shape index (κ1) is 20.1. The Kier molecular flexibility index (Phi) is 5.89. The highest BCUT2D eigenvalue weighted by molar-refractivity contribution is 9.10. The van der Waals surface area contributed by atoms with E-state index in [2.05, 4.69) is 21.0 Å². The number of rotatable bonds is 5. The lowest BCUT2D eigenvalue weighted by Gasteiger charge is -2.26. The van der Waals surface area contributed by atoms with Crippen LogP contribution in [0.15, 0.2) is 53.0 Å². The number of halogens is 1. The van der Waals surface area contributed by atoms with Crippen molar-refractivity contribution in [3.05, 3.63) is 75.5 Å². The third kappa shape index (κ3) is 3.69. The number of ether oxygens (including phenoxy) is 1. The summed E-state index contributed by atoms with van der Waals surface area (Å²) in [6, 6.07) is 15.2. The van der Waals surface area contributed by atoms with Gasteiger partial charge in [0.1, 0.15) is 5.75 Å². The standard InChI is InChI=1S/C22H24BrN3O2/c1-14-21(23)16(3)26(24-14)18-12-10-17(11-13-18)22(27)25(4)15(2)19-8-6-7-9-20(19)28-5/h6-13,15H,1-5H3. The van der Waals surface area contributed by atoms with Crippen molar-refractivity contribution in [3.63, 3.8) is 0 Å². The maximum atomic E-state index is 13.0. The van der Waals surface area contributed by atoms with Crippen LogP contribution in [0.2, 0.25) is 0 Å². The Morgan fingerprint density at radius 2 is 1.79 bits per heavy atom. The van der Waals surface area contributed by atoms with Crippen LogP contribution in [-0.2, 0) is 0 Å². The van der Waals surface area contributed by atoms with Crippen LogP contribution in [0.1, 0.15) is 40.3 Å². The summed E-state index contributed by atoms with van der Waals surface area (Å²) in [6.07, 6.45) is 0. The number of para-hydroxylation sites is 1. The molecule has 0 aliphatic rings. The Balaban J connectivity index is 1.83. The molecule has 0 radical (unpaired) electrons. The molecule has 0 aliphatic heterocycles. The Bertz CT molecular complexity index is 996. The Morgan fingerprint density at radius 1 is 1.14 bits per heavy atom. The van der Waals surface area contributed by atoms with Gasteiger partial charge in [0.05, 0.1) is 34.7 Å².